The average Bonchev–Trinajstić information content (AvgIpc) is 2.74. The lowest BCUT2D eigenvalue weighted by molar-refractivity contribution is 0.0696. The molecule has 0 aliphatic rings. The van der Waals surface area contributed by atoms with Crippen molar-refractivity contribution in [3.63, 3.8) is 0 Å². The molecule has 0 aliphatic heterocycles. The van der Waals surface area contributed by atoms with Crippen molar-refractivity contribution in [2.75, 3.05) is 0 Å². The summed E-state index contributed by atoms with van der Waals surface area (Å²) in [5.41, 5.74) is 0.0362. The van der Waals surface area contributed by atoms with Gasteiger partial charge in [-0.15, -0.1) is 4.80 Å². The van der Waals surface area contributed by atoms with E-state index in [9.17, 15) is 9.18 Å². The van der Waals surface area contributed by atoms with E-state index < -0.39 is 11.8 Å². The molecular formula is C10H8FN3O2. The third-order valence-corrected chi connectivity index (χ3v) is 2.16. The van der Waals surface area contributed by atoms with Crippen LogP contribution in [0.3, 0.4) is 0 Å². The number of hydrogen-bond acceptors (Lipinski definition) is 3. The molecule has 2 rings (SSSR count). The van der Waals surface area contributed by atoms with E-state index in [-0.39, 0.29) is 11.3 Å². The van der Waals surface area contributed by atoms with Gasteiger partial charge in [-0.05, 0) is 18.6 Å². The minimum Gasteiger partial charge on any atom is -0.478 e. The number of hydrogen-bond donors (Lipinski definition) is 1. The molecule has 2 aromatic rings. The van der Waals surface area contributed by atoms with Crippen LogP contribution in [0.1, 0.15) is 15.9 Å². The van der Waals surface area contributed by atoms with Crippen LogP contribution in [0.4, 0.5) is 4.39 Å². The molecule has 0 aliphatic carbocycles. The van der Waals surface area contributed by atoms with Gasteiger partial charge in [-0.1, -0.05) is 6.07 Å². The second kappa shape index (κ2) is 3.73. The Morgan fingerprint density at radius 2 is 2.00 bits per heavy atom. The van der Waals surface area contributed by atoms with Gasteiger partial charge in [0.2, 0.25) is 0 Å². The zero-order chi connectivity index (χ0) is 11.7. The van der Waals surface area contributed by atoms with Gasteiger partial charge in [0.25, 0.3) is 0 Å². The van der Waals surface area contributed by atoms with E-state index in [1.54, 1.807) is 6.92 Å². The molecule has 1 aromatic heterocycles. The number of aryl methyl sites for hydroxylation is 1. The topological polar surface area (TPSA) is 68.0 Å². The second-order valence-electron chi connectivity index (χ2n) is 3.22. The zero-order valence-corrected chi connectivity index (χ0v) is 8.38. The first-order valence-electron chi connectivity index (χ1n) is 4.50. The van der Waals surface area contributed by atoms with Crippen molar-refractivity contribution in [3.05, 3.63) is 41.5 Å². The molecular weight excluding hydrogens is 213 g/mol. The van der Waals surface area contributed by atoms with Crippen LogP contribution in [-0.2, 0) is 0 Å². The number of carboxylic acids is 1. The first-order valence-corrected chi connectivity index (χ1v) is 4.50. The van der Waals surface area contributed by atoms with Crippen LogP contribution in [0.5, 0.6) is 0 Å². The quantitative estimate of drug-likeness (QED) is 0.832. The number of halogens is 1. The van der Waals surface area contributed by atoms with E-state index in [1.807, 2.05) is 0 Å². The van der Waals surface area contributed by atoms with E-state index >= 15 is 0 Å². The number of rotatable bonds is 2. The molecule has 0 spiro atoms. The van der Waals surface area contributed by atoms with Gasteiger partial charge in [0.15, 0.2) is 5.82 Å². The van der Waals surface area contributed by atoms with E-state index in [1.165, 1.54) is 24.5 Å². The third kappa shape index (κ3) is 1.54. The number of carboxylic acid groups (broad SMARTS) is 1. The largest absolute Gasteiger partial charge is 0.478 e. The van der Waals surface area contributed by atoms with Crippen molar-refractivity contribution in [2.24, 2.45) is 0 Å². The Hall–Kier alpha value is -2.24. The number of benzene rings is 1. The lowest BCUT2D eigenvalue weighted by Gasteiger charge is -2.07. The van der Waals surface area contributed by atoms with Crippen LogP contribution >= 0.6 is 0 Å². The second-order valence-corrected chi connectivity index (χ2v) is 3.22. The molecule has 0 unspecified atom stereocenters. The standard InChI is InChI=1S/C10H8FN3O2/c1-6-2-3-7(10(15)16)9(8(6)11)14-12-4-5-13-14/h2-5H,1H3,(H,15,16). The average molecular weight is 221 g/mol. The number of aromatic nitrogens is 3. The SMILES string of the molecule is Cc1ccc(C(=O)O)c(-n2nccn2)c1F. The molecule has 16 heavy (non-hydrogen) atoms. The van der Waals surface area contributed by atoms with Crippen LogP contribution in [0, 0.1) is 12.7 Å². The Morgan fingerprint density at radius 3 is 2.56 bits per heavy atom. The molecule has 0 fully saturated rings. The Labute approximate surface area is 90.1 Å². The van der Waals surface area contributed by atoms with Crippen LogP contribution in [-0.4, -0.2) is 26.1 Å². The molecule has 6 heteroatoms. The Balaban J connectivity index is 2.74. The van der Waals surface area contributed by atoms with Gasteiger partial charge >= 0.3 is 5.97 Å². The van der Waals surface area contributed by atoms with Crippen molar-refractivity contribution in [1.82, 2.24) is 15.0 Å². The highest BCUT2D eigenvalue weighted by Gasteiger charge is 2.19. The first kappa shape index (κ1) is 10.3. The van der Waals surface area contributed by atoms with Crippen molar-refractivity contribution in [1.29, 1.82) is 0 Å². The van der Waals surface area contributed by atoms with Gasteiger partial charge in [-0.3, -0.25) is 0 Å². The highest BCUT2D eigenvalue weighted by atomic mass is 19.1. The summed E-state index contributed by atoms with van der Waals surface area (Å²) < 4.78 is 13.8. The minimum absolute atomic E-state index is 0.141. The summed E-state index contributed by atoms with van der Waals surface area (Å²) in [6, 6.07) is 2.74. The van der Waals surface area contributed by atoms with Gasteiger partial charge in [-0.25, -0.2) is 9.18 Å². The fourth-order valence-corrected chi connectivity index (χ4v) is 1.36. The highest BCUT2D eigenvalue weighted by Crippen LogP contribution is 2.20. The monoisotopic (exact) mass is 221 g/mol. The summed E-state index contributed by atoms with van der Waals surface area (Å²) >= 11 is 0. The number of aromatic carboxylic acids is 1. The molecule has 0 radical (unpaired) electrons. The van der Waals surface area contributed by atoms with Crippen LogP contribution < -0.4 is 0 Å². The first-order chi connectivity index (χ1) is 7.61. The molecule has 0 saturated heterocycles. The van der Waals surface area contributed by atoms with Gasteiger partial charge < -0.3 is 5.11 Å². The minimum atomic E-state index is -1.22. The lowest BCUT2D eigenvalue weighted by atomic mass is 10.1. The molecule has 0 bridgehead atoms. The molecule has 0 saturated carbocycles. The fourth-order valence-electron chi connectivity index (χ4n) is 1.36. The zero-order valence-electron chi connectivity index (χ0n) is 8.38. The normalized spacial score (nSPS) is 10.4. The predicted octanol–water partition coefficient (Wildman–Crippen LogP) is 1.41. The molecule has 0 amide bonds. The Morgan fingerprint density at radius 1 is 1.38 bits per heavy atom. The predicted molar refractivity (Wildman–Crippen MR) is 53.0 cm³/mol. The Bertz CT molecular complexity index is 537. The molecule has 1 N–H and O–H groups in total. The van der Waals surface area contributed by atoms with E-state index in [0.29, 0.717) is 5.56 Å². The smallest absolute Gasteiger partial charge is 0.338 e. The van der Waals surface area contributed by atoms with E-state index in [0.717, 1.165) is 4.80 Å². The number of carbonyl (C=O) groups is 1. The van der Waals surface area contributed by atoms with Crippen molar-refractivity contribution >= 4 is 5.97 Å². The maximum atomic E-state index is 13.8. The van der Waals surface area contributed by atoms with Crippen LogP contribution in [0.2, 0.25) is 0 Å². The summed E-state index contributed by atoms with van der Waals surface area (Å²) in [5, 5.41) is 16.4. The third-order valence-electron chi connectivity index (χ3n) is 2.16. The summed E-state index contributed by atoms with van der Waals surface area (Å²) in [6.45, 7) is 1.55. The molecule has 0 atom stereocenters. The van der Waals surface area contributed by atoms with Gasteiger partial charge in [0, 0.05) is 0 Å². The molecule has 82 valence electrons. The van der Waals surface area contributed by atoms with Crippen LogP contribution in [0.15, 0.2) is 24.5 Å². The summed E-state index contributed by atoms with van der Waals surface area (Å²) in [6.07, 6.45) is 2.71. The maximum Gasteiger partial charge on any atom is 0.338 e. The number of nitrogens with zero attached hydrogens (tertiary/aromatic N) is 3. The summed E-state index contributed by atoms with van der Waals surface area (Å²) in [7, 11) is 0. The van der Waals surface area contributed by atoms with Gasteiger partial charge in [0.05, 0.1) is 18.0 Å². The molecule has 5 nitrogen and oxygen atoms in total. The summed E-state index contributed by atoms with van der Waals surface area (Å²) in [4.78, 5) is 11.9. The van der Waals surface area contributed by atoms with Crippen molar-refractivity contribution in [3.8, 4) is 5.69 Å². The highest BCUT2D eigenvalue weighted by molar-refractivity contribution is 5.92. The van der Waals surface area contributed by atoms with Crippen molar-refractivity contribution < 1.29 is 14.3 Å². The fraction of sp³-hybridized carbons (Fsp3) is 0.100. The van der Waals surface area contributed by atoms with Gasteiger partial charge in [-0.2, -0.15) is 10.2 Å². The van der Waals surface area contributed by atoms with E-state index in [4.69, 9.17) is 5.11 Å². The van der Waals surface area contributed by atoms with Crippen molar-refractivity contribution in [2.45, 2.75) is 6.92 Å². The Kier molecular flexibility index (Phi) is 2.40. The molecule has 1 heterocycles. The maximum absolute atomic E-state index is 13.8. The summed E-state index contributed by atoms with van der Waals surface area (Å²) in [5.74, 6) is -1.85. The molecule has 1 aromatic carbocycles. The van der Waals surface area contributed by atoms with Gasteiger partial charge in [0.1, 0.15) is 5.69 Å². The lowest BCUT2D eigenvalue weighted by Crippen LogP contribution is -2.11. The van der Waals surface area contributed by atoms with E-state index in [2.05, 4.69) is 10.2 Å². The van der Waals surface area contributed by atoms with Crippen LogP contribution in [0.25, 0.3) is 5.69 Å².